The Morgan fingerprint density at radius 3 is 2.89 bits per heavy atom. The second kappa shape index (κ2) is 4.91. The molecule has 0 saturated heterocycles. The predicted octanol–water partition coefficient (Wildman–Crippen LogP) is 3.64. The molecule has 1 aromatic heterocycles. The summed E-state index contributed by atoms with van der Waals surface area (Å²) in [6.07, 6.45) is 0. The van der Waals surface area contributed by atoms with Crippen molar-refractivity contribution in [3.63, 3.8) is 0 Å². The highest BCUT2D eigenvalue weighted by Gasteiger charge is 2.23. The fourth-order valence-corrected chi connectivity index (χ4v) is 3.03. The van der Waals surface area contributed by atoms with Gasteiger partial charge in [0.1, 0.15) is 9.58 Å². The fourth-order valence-electron chi connectivity index (χ4n) is 1.55. The summed E-state index contributed by atoms with van der Waals surface area (Å²) in [7, 11) is 0. The number of carbonyl (C=O) groups is 1. The van der Waals surface area contributed by atoms with E-state index in [2.05, 4.69) is 0 Å². The molecule has 0 amide bonds. The van der Waals surface area contributed by atoms with Gasteiger partial charge in [-0.25, -0.2) is 4.79 Å². The van der Waals surface area contributed by atoms with Crippen LogP contribution in [0, 0.1) is 10.1 Å². The lowest BCUT2D eigenvalue weighted by atomic mass is 10.2. The molecule has 0 aliphatic rings. The van der Waals surface area contributed by atoms with Gasteiger partial charge < -0.3 is 4.74 Å². The van der Waals surface area contributed by atoms with Gasteiger partial charge in [0, 0.05) is 11.5 Å². The van der Waals surface area contributed by atoms with Crippen molar-refractivity contribution in [3.8, 4) is 0 Å². The van der Waals surface area contributed by atoms with Gasteiger partial charge in [-0.05, 0) is 6.92 Å². The van der Waals surface area contributed by atoms with Gasteiger partial charge in [0.15, 0.2) is 0 Å². The average Bonchev–Trinajstić information content (AvgIpc) is 2.67. The second-order valence-electron chi connectivity index (χ2n) is 3.38. The standard InChI is InChI=1S/C11H8ClNO4S/c1-2-17-11(14)10-8(12)6-4-3-5-7(13(15)16)9(6)18-10/h3-5H,2H2,1H3. The Balaban J connectivity index is 2.66. The van der Waals surface area contributed by atoms with E-state index in [1.165, 1.54) is 12.1 Å². The van der Waals surface area contributed by atoms with Crippen molar-refractivity contribution < 1.29 is 14.5 Å². The number of hydrogen-bond acceptors (Lipinski definition) is 5. The first kappa shape index (κ1) is 12.8. The van der Waals surface area contributed by atoms with Crippen LogP contribution in [0.1, 0.15) is 16.6 Å². The third-order valence-corrected chi connectivity index (χ3v) is 4.00. The lowest BCUT2D eigenvalue weighted by molar-refractivity contribution is -0.382. The van der Waals surface area contributed by atoms with Gasteiger partial charge in [-0.3, -0.25) is 10.1 Å². The zero-order valence-electron chi connectivity index (χ0n) is 9.31. The molecule has 5 nitrogen and oxygen atoms in total. The maximum Gasteiger partial charge on any atom is 0.349 e. The SMILES string of the molecule is CCOC(=O)c1sc2c([N+](=O)[O-])cccc2c1Cl. The summed E-state index contributed by atoms with van der Waals surface area (Å²) >= 11 is 7.03. The van der Waals surface area contributed by atoms with E-state index in [9.17, 15) is 14.9 Å². The average molecular weight is 286 g/mol. The van der Waals surface area contributed by atoms with Crippen molar-refractivity contribution in [1.29, 1.82) is 0 Å². The number of thiophene rings is 1. The minimum absolute atomic E-state index is 0.0602. The van der Waals surface area contributed by atoms with Crippen LogP contribution >= 0.6 is 22.9 Å². The first-order valence-electron chi connectivity index (χ1n) is 5.08. The van der Waals surface area contributed by atoms with Crippen LogP contribution < -0.4 is 0 Å². The third-order valence-electron chi connectivity index (χ3n) is 2.29. The molecular weight excluding hydrogens is 278 g/mol. The highest BCUT2D eigenvalue weighted by atomic mass is 35.5. The quantitative estimate of drug-likeness (QED) is 0.490. The van der Waals surface area contributed by atoms with E-state index in [-0.39, 0.29) is 22.2 Å². The smallest absolute Gasteiger partial charge is 0.349 e. The topological polar surface area (TPSA) is 69.4 Å². The number of rotatable bonds is 3. The van der Waals surface area contributed by atoms with Crippen LogP contribution in [0.3, 0.4) is 0 Å². The van der Waals surface area contributed by atoms with Crippen molar-refractivity contribution in [3.05, 3.63) is 38.2 Å². The fraction of sp³-hybridized carbons (Fsp3) is 0.182. The maximum atomic E-state index is 11.7. The van der Waals surface area contributed by atoms with Gasteiger partial charge in [-0.1, -0.05) is 23.7 Å². The molecule has 18 heavy (non-hydrogen) atoms. The Bertz CT molecular complexity index is 637. The number of halogens is 1. The summed E-state index contributed by atoms with van der Waals surface area (Å²) in [5.41, 5.74) is -0.0602. The number of esters is 1. The molecule has 1 heterocycles. The van der Waals surface area contributed by atoms with Crippen molar-refractivity contribution >= 4 is 44.7 Å². The van der Waals surface area contributed by atoms with Gasteiger partial charge in [0.2, 0.25) is 0 Å². The van der Waals surface area contributed by atoms with E-state index in [0.717, 1.165) is 11.3 Å². The molecule has 0 radical (unpaired) electrons. The number of ether oxygens (including phenoxy) is 1. The summed E-state index contributed by atoms with van der Waals surface area (Å²) in [5, 5.41) is 11.6. The molecule has 0 atom stereocenters. The molecule has 0 fully saturated rings. The Kier molecular flexibility index (Phi) is 3.49. The van der Waals surface area contributed by atoms with Crippen LogP contribution in [0.25, 0.3) is 10.1 Å². The summed E-state index contributed by atoms with van der Waals surface area (Å²) < 4.78 is 5.24. The lowest BCUT2D eigenvalue weighted by Crippen LogP contribution is -2.02. The van der Waals surface area contributed by atoms with E-state index in [4.69, 9.17) is 16.3 Å². The first-order valence-corrected chi connectivity index (χ1v) is 6.28. The summed E-state index contributed by atoms with van der Waals surface area (Å²) in [5.74, 6) is -0.557. The number of carbonyl (C=O) groups excluding carboxylic acids is 1. The minimum Gasteiger partial charge on any atom is -0.462 e. The maximum absolute atomic E-state index is 11.7. The molecule has 0 saturated carbocycles. The highest BCUT2D eigenvalue weighted by molar-refractivity contribution is 7.22. The van der Waals surface area contributed by atoms with Gasteiger partial charge in [-0.2, -0.15) is 0 Å². The van der Waals surface area contributed by atoms with Crippen LogP contribution in [0.15, 0.2) is 18.2 Å². The lowest BCUT2D eigenvalue weighted by Gasteiger charge is -1.97. The molecule has 0 aliphatic heterocycles. The van der Waals surface area contributed by atoms with Gasteiger partial charge >= 0.3 is 5.97 Å². The van der Waals surface area contributed by atoms with E-state index in [1.807, 2.05) is 0 Å². The molecular formula is C11H8ClNO4S. The Hall–Kier alpha value is -1.66. The van der Waals surface area contributed by atoms with E-state index >= 15 is 0 Å². The highest BCUT2D eigenvalue weighted by Crippen LogP contribution is 2.40. The summed E-state index contributed by atoms with van der Waals surface area (Å²) in [6, 6.07) is 4.56. The summed E-state index contributed by atoms with van der Waals surface area (Å²) in [6.45, 7) is 1.91. The van der Waals surface area contributed by atoms with Crippen LogP contribution in [0.2, 0.25) is 5.02 Å². The number of benzene rings is 1. The van der Waals surface area contributed by atoms with E-state index in [1.54, 1.807) is 13.0 Å². The van der Waals surface area contributed by atoms with Crippen LogP contribution in [-0.2, 0) is 4.74 Å². The Morgan fingerprint density at radius 1 is 1.56 bits per heavy atom. The van der Waals surface area contributed by atoms with Crippen LogP contribution in [0.4, 0.5) is 5.69 Å². The van der Waals surface area contributed by atoms with Crippen LogP contribution in [-0.4, -0.2) is 17.5 Å². The molecule has 2 aromatic rings. The number of non-ortho nitro benzene ring substituents is 1. The van der Waals surface area contributed by atoms with Crippen LogP contribution in [0.5, 0.6) is 0 Å². The normalized spacial score (nSPS) is 10.6. The van der Waals surface area contributed by atoms with Gasteiger partial charge in [0.05, 0.1) is 16.6 Å². The molecule has 0 N–H and O–H groups in total. The van der Waals surface area contributed by atoms with E-state index in [0.29, 0.717) is 10.1 Å². The zero-order chi connectivity index (χ0) is 13.3. The predicted molar refractivity (Wildman–Crippen MR) is 69.4 cm³/mol. The minimum atomic E-state index is -0.557. The number of nitrogens with zero attached hydrogens (tertiary/aromatic N) is 1. The number of nitro benzene ring substituents is 1. The number of hydrogen-bond donors (Lipinski definition) is 0. The third kappa shape index (κ3) is 2.04. The largest absolute Gasteiger partial charge is 0.462 e. The van der Waals surface area contributed by atoms with Gasteiger partial charge in [0.25, 0.3) is 5.69 Å². The van der Waals surface area contributed by atoms with E-state index < -0.39 is 10.9 Å². The van der Waals surface area contributed by atoms with Crippen molar-refractivity contribution in [1.82, 2.24) is 0 Å². The second-order valence-corrected chi connectivity index (χ2v) is 4.78. The molecule has 0 spiro atoms. The number of fused-ring (bicyclic) bond motifs is 1. The monoisotopic (exact) mass is 285 g/mol. The van der Waals surface area contributed by atoms with Crippen molar-refractivity contribution in [2.45, 2.75) is 6.92 Å². The first-order chi connectivity index (χ1) is 8.56. The molecule has 94 valence electrons. The Labute approximate surface area is 111 Å². The van der Waals surface area contributed by atoms with Crippen molar-refractivity contribution in [2.24, 2.45) is 0 Å². The molecule has 0 unspecified atom stereocenters. The molecule has 1 aromatic carbocycles. The number of nitro groups is 1. The van der Waals surface area contributed by atoms with Gasteiger partial charge in [-0.15, -0.1) is 11.3 Å². The summed E-state index contributed by atoms with van der Waals surface area (Å²) in [4.78, 5) is 22.2. The molecule has 7 heteroatoms. The van der Waals surface area contributed by atoms with Crippen molar-refractivity contribution in [2.75, 3.05) is 6.61 Å². The molecule has 2 rings (SSSR count). The molecule has 0 aliphatic carbocycles. The molecule has 0 bridgehead atoms. The Morgan fingerprint density at radius 2 is 2.28 bits per heavy atom. The zero-order valence-corrected chi connectivity index (χ0v) is 10.9.